The molecular formula is C15H23N. The van der Waals surface area contributed by atoms with E-state index in [1.165, 1.54) is 24.8 Å². The predicted octanol–water partition coefficient (Wildman–Crippen LogP) is 3.40. The van der Waals surface area contributed by atoms with Crippen molar-refractivity contribution in [3.8, 4) is 0 Å². The maximum atomic E-state index is 5.94. The molecule has 1 unspecified atom stereocenters. The van der Waals surface area contributed by atoms with Crippen LogP contribution in [0.4, 0.5) is 0 Å². The Labute approximate surface area is 99.0 Å². The van der Waals surface area contributed by atoms with Crippen LogP contribution in [-0.2, 0) is 6.42 Å². The second kappa shape index (κ2) is 4.21. The van der Waals surface area contributed by atoms with E-state index in [1.54, 1.807) is 11.1 Å². The van der Waals surface area contributed by atoms with Gasteiger partial charge in [-0.2, -0.15) is 0 Å². The molecule has 16 heavy (non-hydrogen) atoms. The molecule has 1 aromatic rings. The monoisotopic (exact) mass is 217 g/mol. The third-order valence-corrected chi connectivity index (χ3v) is 4.17. The molecule has 0 fully saturated rings. The number of hydrogen-bond acceptors (Lipinski definition) is 1. The van der Waals surface area contributed by atoms with Crippen molar-refractivity contribution in [3.05, 3.63) is 34.9 Å². The smallest absolute Gasteiger partial charge is 0.00200 e. The highest BCUT2D eigenvalue weighted by Gasteiger charge is 2.33. The molecule has 1 heteroatoms. The molecule has 0 amide bonds. The molecule has 0 spiro atoms. The Morgan fingerprint density at radius 1 is 1.38 bits per heavy atom. The SMILES string of the molecule is Cc1cccc2c1C(C(C)(C)CN)CCC2. The fourth-order valence-corrected chi connectivity index (χ4v) is 3.02. The summed E-state index contributed by atoms with van der Waals surface area (Å²) in [5.41, 5.74) is 10.8. The van der Waals surface area contributed by atoms with Crippen LogP contribution in [0.2, 0.25) is 0 Å². The molecule has 1 aromatic carbocycles. The van der Waals surface area contributed by atoms with Crippen LogP contribution in [0, 0.1) is 12.3 Å². The van der Waals surface area contributed by atoms with E-state index in [9.17, 15) is 0 Å². The average Bonchev–Trinajstić information content (AvgIpc) is 2.29. The van der Waals surface area contributed by atoms with Crippen LogP contribution in [0.1, 0.15) is 49.3 Å². The molecule has 0 heterocycles. The van der Waals surface area contributed by atoms with Crippen LogP contribution >= 0.6 is 0 Å². The Balaban J connectivity index is 2.47. The third kappa shape index (κ3) is 1.89. The minimum absolute atomic E-state index is 0.223. The third-order valence-electron chi connectivity index (χ3n) is 4.17. The topological polar surface area (TPSA) is 26.0 Å². The first-order valence-electron chi connectivity index (χ1n) is 6.34. The van der Waals surface area contributed by atoms with Crippen LogP contribution in [-0.4, -0.2) is 6.54 Å². The van der Waals surface area contributed by atoms with Gasteiger partial charge < -0.3 is 5.73 Å². The van der Waals surface area contributed by atoms with Crippen molar-refractivity contribution in [2.24, 2.45) is 11.1 Å². The van der Waals surface area contributed by atoms with Gasteiger partial charge in [0.05, 0.1) is 0 Å². The number of fused-ring (bicyclic) bond motifs is 1. The van der Waals surface area contributed by atoms with Crippen molar-refractivity contribution in [1.29, 1.82) is 0 Å². The van der Waals surface area contributed by atoms with Gasteiger partial charge in [0.15, 0.2) is 0 Å². The first-order chi connectivity index (χ1) is 7.56. The Morgan fingerprint density at radius 3 is 2.81 bits per heavy atom. The van der Waals surface area contributed by atoms with E-state index in [0.29, 0.717) is 5.92 Å². The van der Waals surface area contributed by atoms with Crippen LogP contribution in [0.15, 0.2) is 18.2 Å². The molecule has 0 bridgehead atoms. The van der Waals surface area contributed by atoms with Gasteiger partial charge in [-0.1, -0.05) is 32.0 Å². The van der Waals surface area contributed by atoms with Gasteiger partial charge in [-0.25, -0.2) is 0 Å². The van der Waals surface area contributed by atoms with Gasteiger partial charge in [0.25, 0.3) is 0 Å². The van der Waals surface area contributed by atoms with Crippen molar-refractivity contribution < 1.29 is 0 Å². The number of rotatable bonds is 2. The van der Waals surface area contributed by atoms with Crippen molar-refractivity contribution in [1.82, 2.24) is 0 Å². The predicted molar refractivity (Wildman–Crippen MR) is 69.7 cm³/mol. The van der Waals surface area contributed by atoms with E-state index in [2.05, 4.69) is 39.0 Å². The van der Waals surface area contributed by atoms with Gasteiger partial charge in [0.2, 0.25) is 0 Å². The number of nitrogens with two attached hydrogens (primary N) is 1. The second-order valence-corrected chi connectivity index (χ2v) is 5.79. The summed E-state index contributed by atoms with van der Waals surface area (Å²) in [7, 11) is 0. The van der Waals surface area contributed by atoms with Gasteiger partial charge in [0, 0.05) is 0 Å². The van der Waals surface area contributed by atoms with Crippen LogP contribution < -0.4 is 5.73 Å². The summed E-state index contributed by atoms with van der Waals surface area (Å²) in [5.74, 6) is 0.641. The molecule has 1 aliphatic carbocycles. The molecule has 0 radical (unpaired) electrons. The largest absolute Gasteiger partial charge is 0.330 e. The molecule has 1 aliphatic rings. The standard InChI is InChI=1S/C15H23N/c1-11-6-4-7-12-8-5-9-13(14(11)12)15(2,3)10-16/h4,6-7,13H,5,8-10,16H2,1-3H3. The second-order valence-electron chi connectivity index (χ2n) is 5.79. The van der Waals surface area contributed by atoms with E-state index < -0.39 is 0 Å². The fourth-order valence-electron chi connectivity index (χ4n) is 3.02. The number of hydrogen-bond donors (Lipinski definition) is 1. The molecule has 0 aliphatic heterocycles. The highest BCUT2D eigenvalue weighted by molar-refractivity contribution is 5.40. The lowest BCUT2D eigenvalue weighted by atomic mass is 9.67. The van der Waals surface area contributed by atoms with Crippen LogP contribution in [0.5, 0.6) is 0 Å². The molecule has 2 rings (SSSR count). The first kappa shape index (κ1) is 11.7. The van der Waals surface area contributed by atoms with Crippen molar-refractivity contribution in [3.63, 3.8) is 0 Å². The maximum absolute atomic E-state index is 5.94. The fraction of sp³-hybridized carbons (Fsp3) is 0.600. The normalized spacial score (nSPS) is 20.6. The summed E-state index contributed by atoms with van der Waals surface area (Å²) in [6, 6.07) is 6.72. The number of aryl methyl sites for hydroxylation is 2. The average molecular weight is 217 g/mol. The number of benzene rings is 1. The first-order valence-corrected chi connectivity index (χ1v) is 6.34. The Kier molecular flexibility index (Phi) is 3.07. The van der Waals surface area contributed by atoms with Gasteiger partial charge in [0.1, 0.15) is 0 Å². The van der Waals surface area contributed by atoms with Gasteiger partial charge in [-0.05, 0) is 60.8 Å². The van der Waals surface area contributed by atoms with Crippen molar-refractivity contribution >= 4 is 0 Å². The minimum atomic E-state index is 0.223. The van der Waals surface area contributed by atoms with E-state index in [1.807, 2.05) is 0 Å². The zero-order valence-electron chi connectivity index (χ0n) is 10.7. The lowest BCUT2D eigenvalue weighted by Crippen LogP contribution is -2.33. The Morgan fingerprint density at radius 2 is 2.12 bits per heavy atom. The zero-order valence-corrected chi connectivity index (χ0v) is 10.7. The molecule has 0 saturated carbocycles. The van der Waals surface area contributed by atoms with E-state index in [0.717, 1.165) is 6.54 Å². The Hall–Kier alpha value is -0.820. The maximum Gasteiger partial charge on any atom is -0.00200 e. The quantitative estimate of drug-likeness (QED) is 0.807. The van der Waals surface area contributed by atoms with E-state index in [4.69, 9.17) is 5.73 Å². The van der Waals surface area contributed by atoms with Gasteiger partial charge in [-0.3, -0.25) is 0 Å². The molecule has 0 aromatic heterocycles. The minimum Gasteiger partial charge on any atom is -0.330 e. The van der Waals surface area contributed by atoms with Gasteiger partial charge >= 0.3 is 0 Å². The summed E-state index contributed by atoms with van der Waals surface area (Å²) in [6.45, 7) is 7.62. The van der Waals surface area contributed by atoms with Crippen LogP contribution in [0.3, 0.4) is 0 Å². The van der Waals surface area contributed by atoms with Crippen LogP contribution in [0.25, 0.3) is 0 Å². The summed E-state index contributed by atoms with van der Waals surface area (Å²) in [5, 5.41) is 0. The van der Waals surface area contributed by atoms with Crippen molar-refractivity contribution in [2.45, 2.75) is 46.0 Å². The highest BCUT2D eigenvalue weighted by atomic mass is 14.6. The highest BCUT2D eigenvalue weighted by Crippen LogP contribution is 2.44. The summed E-state index contributed by atoms with van der Waals surface area (Å²) < 4.78 is 0. The summed E-state index contributed by atoms with van der Waals surface area (Å²) in [4.78, 5) is 0. The molecular weight excluding hydrogens is 194 g/mol. The summed E-state index contributed by atoms with van der Waals surface area (Å²) in [6.07, 6.45) is 3.85. The Bertz CT molecular complexity index is 379. The molecule has 1 atom stereocenters. The summed E-state index contributed by atoms with van der Waals surface area (Å²) >= 11 is 0. The molecule has 1 nitrogen and oxygen atoms in total. The molecule has 2 N–H and O–H groups in total. The zero-order chi connectivity index (χ0) is 11.8. The molecule has 0 saturated heterocycles. The van der Waals surface area contributed by atoms with Crippen molar-refractivity contribution in [2.75, 3.05) is 6.54 Å². The van der Waals surface area contributed by atoms with Gasteiger partial charge in [-0.15, -0.1) is 0 Å². The lowest BCUT2D eigenvalue weighted by Gasteiger charge is -2.38. The van der Waals surface area contributed by atoms with E-state index >= 15 is 0 Å². The van der Waals surface area contributed by atoms with E-state index in [-0.39, 0.29) is 5.41 Å². The molecule has 88 valence electrons. The lowest BCUT2D eigenvalue weighted by molar-refractivity contribution is 0.268.